The third-order valence-electron chi connectivity index (χ3n) is 3.94. The lowest BCUT2D eigenvalue weighted by atomic mass is 10.3. The molecule has 0 amide bonds. The molecule has 5 nitrogen and oxygen atoms in total. The first-order chi connectivity index (χ1) is 8.91. The van der Waals surface area contributed by atoms with E-state index in [1.54, 1.807) is 19.3 Å². The SMILES string of the molecule is CCC(C)N(C)S(=O)(=O)c1cc(CN)n(C2CC2)c1. The fraction of sp³-hybridized carbons (Fsp3) is 0.692. The highest BCUT2D eigenvalue weighted by Crippen LogP contribution is 2.37. The Hall–Kier alpha value is -0.850. The number of nitrogens with zero attached hydrogens (tertiary/aromatic N) is 2. The maximum absolute atomic E-state index is 12.5. The van der Waals surface area contributed by atoms with E-state index in [1.165, 1.54) is 4.31 Å². The monoisotopic (exact) mass is 285 g/mol. The van der Waals surface area contributed by atoms with E-state index in [9.17, 15) is 8.42 Å². The Labute approximate surface area is 115 Å². The largest absolute Gasteiger partial charge is 0.346 e. The summed E-state index contributed by atoms with van der Waals surface area (Å²) in [6.07, 6.45) is 4.77. The third-order valence-corrected chi connectivity index (χ3v) is 5.88. The highest BCUT2D eigenvalue weighted by atomic mass is 32.2. The molecule has 0 aliphatic heterocycles. The Kier molecular flexibility index (Phi) is 4.03. The number of hydrogen-bond acceptors (Lipinski definition) is 3. The molecule has 0 spiro atoms. The molecule has 1 aromatic rings. The fourth-order valence-electron chi connectivity index (χ4n) is 2.15. The summed E-state index contributed by atoms with van der Waals surface area (Å²) in [6, 6.07) is 2.15. The highest BCUT2D eigenvalue weighted by molar-refractivity contribution is 7.89. The second-order valence-corrected chi connectivity index (χ2v) is 7.29. The third kappa shape index (κ3) is 2.70. The quantitative estimate of drug-likeness (QED) is 0.865. The summed E-state index contributed by atoms with van der Waals surface area (Å²) >= 11 is 0. The summed E-state index contributed by atoms with van der Waals surface area (Å²) in [7, 11) is -1.77. The average Bonchev–Trinajstić information content (AvgIpc) is 3.15. The molecular formula is C13H23N3O2S. The molecule has 2 rings (SSSR count). The van der Waals surface area contributed by atoms with Crippen molar-refractivity contribution < 1.29 is 8.42 Å². The van der Waals surface area contributed by atoms with E-state index in [4.69, 9.17) is 5.73 Å². The maximum Gasteiger partial charge on any atom is 0.244 e. The van der Waals surface area contributed by atoms with Crippen molar-refractivity contribution in [2.75, 3.05) is 7.05 Å². The zero-order valence-corrected chi connectivity index (χ0v) is 12.7. The van der Waals surface area contributed by atoms with Crippen LogP contribution in [0.5, 0.6) is 0 Å². The molecule has 1 saturated carbocycles. The highest BCUT2D eigenvalue weighted by Gasteiger charge is 2.30. The van der Waals surface area contributed by atoms with Gasteiger partial charge in [-0.3, -0.25) is 0 Å². The van der Waals surface area contributed by atoms with Crippen molar-refractivity contribution >= 4 is 10.0 Å². The van der Waals surface area contributed by atoms with E-state index in [0.717, 1.165) is 25.0 Å². The predicted octanol–water partition coefficient (Wildman–Crippen LogP) is 1.70. The first-order valence-corrected chi connectivity index (χ1v) is 8.24. The zero-order valence-electron chi connectivity index (χ0n) is 11.8. The molecule has 1 heterocycles. The van der Waals surface area contributed by atoms with Gasteiger partial charge < -0.3 is 10.3 Å². The molecule has 6 heteroatoms. The van der Waals surface area contributed by atoms with Crippen molar-refractivity contribution in [2.45, 2.75) is 56.6 Å². The summed E-state index contributed by atoms with van der Waals surface area (Å²) in [4.78, 5) is 0.364. The van der Waals surface area contributed by atoms with E-state index in [2.05, 4.69) is 0 Å². The number of sulfonamides is 1. The molecule has 1 aromatic heterocycles. The lowest BCUT2D eigenvalue weighted by molar-refractivity contribution is 0.380. The molecule has 2 N–H and O–H groups in total. The van der Waals surface area contributed by atoms with Gasteiger partial charge in [0.15, 0.2) is 0 Å². The lowest BCUT2D eigenvalue weighted by Gasteiger charge is -2.22. The van der Waals surface area contributed by atoms with Gasteiger partial charge >= 0.3 is 0 Å². The molecule has 1 aliphatic carbocycles. The van der Waals surface area contributed by atoms with Gasteiger partial charge in [-0.05, 0) is 32.3 Å². The van der Waals surface area contributed by atoms with Gasteiger partial charge in [0.2, 0.25) is 10.0 Å². The first-order valence-electron chi connectivity index (χ1n) is 6.80. The van der Waals surface area contributed by atoms with Gasteiger partial charge in [0, 0.05) is 37.6 Å². The van der Waals surface area contributed by atoms with Gasteiger partial charge in [-0.15, -0.1) is 0 Å². The fourth-order valence-corrected chi connectivity index (χ4v) is 3.64. The van der Waals surface area contributed by atoms with Crippen molar-refractivity contribution in [3.8, 4) is 0 Å². The Bertz CT molecular complexity index is 546. The van der Waals surface area contributed by atoms with Gasteiger partial charge in [0.25, 0.3) is 0 Å². The molecule has 1 aliphatic rings. The Morgan fingerprint density at radius 1 is 1.53 bits per heavy atom. The van der Waals surface area contributed by atoms with Crippen molar-refractivity contribution in [1.29, 1.82) is 0 Å². The van der Waals surface area contributed by atoms with Gasteiger partial charge in [-0.25, -0.2) is 8.42 Å². The molecule has 0 bridgehead atoms. The minimum Gasteiger partial charge on any atom is -0.346 e. The van der Waals surface area contributed by atoms with Gasteiger partial charge in [0.1, 0.15) is 4.90 Å². The van der Waals surface area contributed by atoms with Crippen LogP contribution in [-0.2, 0) is 16.6 Å². The molecule has 0 aromatic carbocycles. The van der Waals surface area contributed by atoms with E-state index in [1.807, 2.05) is 18.4 Å². The zero-order chi connectivity index (χ0) is 14.2. The number of hydrogen-bond donors (Lipinski definition) is 1. The van der Waals surface area contributed by atoms with Gasteiger partial charge in [-0.2, -0.15) is 4.31 Å². The van der Waals surface area contributed by atoms with Crippen LogP contribution in [0.3, 0.4) is 0 Å². The molecule has 1 fully saturated rings. The molecule has 19 heavy (non-hydrogen) atoms. The predicted molar refractivity (Wildman–Crippen MR) is 75.3 cm³/mol. The van der Waals surface area contributed by atoms with E-state index in [-0.39, 0.29) is 6.04 Å². The van der Waals surface area contributed by atoms with Crippen LogP contribution in [-0.4, -0.2) is 30.4 Å². The second kappa shape index (κ2) is 5.26. The van der Waals surface area contributed by atoms with Crippen LogP contribution >= 0.6 is 0 Å². The normalized spacial score (nSPS) is 17.9. The van der Waals surface area contributed by atoms with Crippen LogP contribution < -0.4 is 5.73 Å². The summed E-state index contributed by atoms with van der Waals surface area (Å²) in [5.74, 6) is 0. The Morgan fingerprint density at radius 2 is 2.16 bits per heavy atom. The molecule has 0 radical (unpaired) electrons. The maximum atomic E-state index is 12.5. The minimum atomic E-state index is -3.41. The van der Waals surface area contributed by atoms with Crippen LogP contribution in [0.2, 0.25) is 0 Å². The summed E-state index contributed by atoms with van der Waals surface area (Å²) < 4.78 is 28.5. The molecule has 1 unspecified atom stereocenters. The number of nitrogens with two attached hydrogens (primary N) is 1. The van der Waals surface area contributed by atoms with Crippen LogP contribution in [0, 0.1) is 0 Å². The molecular weight excluding hydrogens is 262 g/mol. The summed E-state index contributed by atoms with van der Waals surface area (Å²) in [6.45, 7) is 4.27. The van der Waals surface area contributed by atoms with Gasteiger partial charge in [0.05, 0.1) is 0 Å². The molecule has 1 atom stereocenters. The van der Waals surface area contributed by atoms with E-state index >= 15 is 0 Å². The van der Waals surface area contributed by atoms with Crippen LogP contribution in [0.1, 0.15) is 44.8 Å². The minimum absolute atomic E-state index is 0.00407. The number of rotatable bonds is 6. The molecule has 108 valence electrons. The smallest absolute Gasteiger partial charge is 0.244 e. The van der Waals surface area contributed by atoms with E-state index in [0.29, 0.717) is 17.5 Å². The van der Waals surface area contributed by atoms with E-state index < -0.39 is 10.0 Å². The Balaban J connectivity index is 2.35. The summed E-state index contributed by atoms with van der Waals surface area (Å²) in [5, 5.41) is 0. The molecule has 0 saturated heterocycles. The average molecular weight is 285 g/mol. The first kappa shape index (κ1) is 14.6. The topological polar surface area (TPSA) is 68.3 Å². The Morgan fingerprint density at radius 3 is 2.63 bits per heavy atom. The van der Waals surface area contributed by atoms with Gasteiger partial charge in [-0.1, -0.05) is 6.92 Å². The second-order valence-electron chi connectivity index (χ2n) is 5.29. The van der Waals surface area contributed by atoms with Crippen molar-refractivity contribution in [3.63, 3.8) is 0 Å². The van der Waals surface area contributed by atoms with Crippen LogP contribution in [0.25, 0.3) is 0 Å². The number of aromatic nitrogens is 1. The summed E-state index contributed by atoms with van der Waals surface area (Å²) in [5.41, 5.74) is 6.61. The van der Waals surface area contributed by atoms with Crippen LogP contribution in [0.4, 0.5) is 0 Å². The van der Waals surface area contributed by atoms with Crippen molar-refractivity contribution in [1.82, 2.24) is 8.87 Å². The van der Waals surface area contributed by atoms with Crippen LogP contribution in [0.15, 0.2) is 17.2 Å². The van der Waals surface area contributed by atoms with Crippen molar-refractivity contribution in [2.24, 2.45) is 5.73 Å². The lowest BCUT2D eigenvalue weighted by Crippen LogP contribution is -2.34. The standard InChI is InChI=1S/C13H23N3O2S/c1-4-10(2)15(3)19(17,18)13-7-12(8-14)16(9-13)11-5-6-11/h7,9-11H,4-6,8,14H2,1-3H3. The van der Waals surface area contributed by atoms with Crippen molar-refractivity contribution in [3.05, 3.63) is 18.0 Å².